The van der Waals surface area contributed by atoms with Crippen molar-refractivity contribution in [2.45, 2.75) is 19.9 Å². The van der Waals surface area contributed by atoms with Crippen LogP contribution in [0, 0.1) is 5.92 Å². The van der Waals surface area contributed by atoms with Crippen LogP contribution < -0.4 is 0 Å². The standard InChI is InChI=1S/C7H15NO/c1-6(2)7-5-8(7)3-4-9/h6-7,9H,3-5H2,1-2H3. The van der Waals surface area contributed by atoms with Crippen LogP contribution in [-0.4, -0.2) is 35.7 Å². The lowest BCUT2D eigenvalue weighted by atomic mass is 10.1. The molecule has 54 valence electrons. The predicted molar refractivity (Wildman–Crippen MR) is 37.3 cm³/mol. The molecule has 0 amide bonds. The van der Waals surface area contributed by atoms with Crippen LogP contribution in [0.15, 0.2) is 0 Å². The monoisotopic (exact) mass is 129 g/mol. The molecule has 1 N–H and O–H groups in total. The van der Waals surface area contributed by atoms with Crippen molar-refractivity contribution < 1.29 is 5.11 Å². The number of β-amino-alcohol motifs (C(OH)–C–C–N with tert-alkyl or cyclic N) is 1. The number of nitrogens with zero attached hydrogens (tertiary/aromatic N) is 1. The predicted octanol–water partition coefficient (Wildman–Crippen LogP) is 0.319. The van der Waals surface area contributed by atoms with Gasteiger partial charge in [-0.05, 0) is 5.92 Å². The number of aliphatic hydroxyl groups is 1. The second-order valence-electron chi connectivity index (χ2n) is 3.03. The van der Waals surface area contributed by atoms with E-state index < -0.39 is 0 Å². The van der Waals surface area contributed by atoms with Gasteiger partial charge in [-0.2, -0.15) is 0 Å². The highest BCUT2D eigenvalue weighted by Gasteiger charge is 2.35. The molecule has 1 aliphatic rings. The second-order valence-corrected chi connectivity index (χ2v) is 3.03. The molecule has 0 aromatic heterocycles. The maximum atomic E-state index is 8.53. The van der Waals surface area contributed by atoms with Crippen molar-refractivity contribution in [2.75, 3.05) is 19.7 Å². The van der Waals surface area contributed by atoms with Gasteiger partial charge in [0.25, 0.3) is 0 Å². The minimum Gasteiger partial charge on any atom is -0.395 e. The Hall–Kier alpha value is -0.0800. The Morgan fingerprint density at radius 1 is 1.67 bits per heavy atom. The SMILES string of the molecule is CC(C)C1CN1CCO. The Morgan fingerprint density at radius 2 is 2.33 bits per heavy atom. The van der Waals surface area contributed by atoms with E-state index in [4.69, 9.17) is 5.11 Å². The van der Waals surface area contributed by atoms with Crippen molar-refractivity contribution in [1.82, 2.24) is 4.90 Å². The van der Waals surface area contributed by atoms with Crippen LogP contribution in [-0.2, 0) is 0 Å². The largest absolute Gasteiger partial charge is 0.395 e. The van der Waals surface area contributed by atoms with Crippen LogP contribution in [0.3, 0.4) is 0 Å². The Balaban J connectivity index is 2.09. The number of rotatable bonds is 3. The van der Waals surface area contributed by atoms with Crippen LogP contribution in [0.4, 0.5) is 0 Å². The fraction of sp³-hybridized carbons (Fsp3) is 1.00. The van der Waals surface area contributed by atoms with Crippen molar-refractivity contribution in [3.8, 4) is 0 Å². The summed E-state index contributed by atoms with van der Waals surface area (Å²) in [5, 5.41) is 8.53. The van der Waals surface area contributed by atoms with E-state index in [1.165, 1.54) is 6.54 Å². The van der Waals surface area contributed by atoms with Crippen LogP contribution in [0.2, 0.25) is 0 Å². The zero-order chi connectivity index (χ0) is 6.85. The van der Waals surface area contributed by atoms with Crippen molar-refractivity contribution in [3.63, 3.8) is 0 Å². The molecule has 0 aromatic carbocycles. The van der Waals surface area contributed by atoms with Crippen LogP contribution in [0.1, 0.15) is 13.8 Å². The van der Waals surface area contributed by atoms with Gasteiger partial charge in [0.15, 0.2) is 0 Å². The first kappa shape index (κ1) is 7.03. The van der Waals surface area contributed by atoms with E-state index in [2.05, 4.69) is 18.7 Å². The Bertz CT molecular complexity index is 92.9. The maximum absolute atomic E-state index is 8.53. The summed E-state index contributed by atoms with van der Waals surface area (Å²) in [6, 6.07) is 0.761. The average Bonchev–Trinajstić information content (AvgIpc) is 2.47. The lowest BCUT2D eigenvalue weighted by molar-refractivity contribution is 0.260. The van der Waals surface area contributed by atoms with Crippen molar-refractivity contribution in [3.05, 3.63) is 0 Å². The summed E-state index contributed by atoms with van der Waals surface area (Å²) in [6.07, 6.45) is 0. The van der Waals surface area contributed by atoms with E-state index in [-0.39, 0.29) is 0 Å². The third-order valence-corrected chi connectivity index (χ3v) is 1.91. The summed E-state index contributed by atoms with van der Waals surface area (Å²) in [5.41, 5.74) is 0. The Kier molecular flexibility index (Phi) is 2.09. The molecule has 2 atom stereocenters. The van der Waals surface area contributed by atoms with E-state index in [9.17, 15) is 0 Å². The average molecular weight is 129 g/mol. The molecule has 1 fully saturated rings. The lowest BCUT2D eigenvalue weighted by Crippen LogP contribution is -2.11. The molecule has 2 unspecified atom stereocenters. The van der Waals surface area contributed by atoms with Gasteiger partial charge in [0.1, 0.15) is 0 Å². The second kappa shape index (κ2) is 2.67. The summed E-state index contributed by atoms with van der Waals surface area (Å²) >= 11 is 0. The van der Waals surface area contributed by atoms with Crippen LogP contribution in [0.5, 0.6) is 0 Å². The zero-order valence-corrected chi connectivity index (χ0v) is 6.17. The van der Waals surface area contributed by atoms with Crippen LogP contribution in [0.25, 0.3) is 0 Å². The van der Waals surface area contributed by atoms with Gasteiger partial charge in [-0.15, -0.1) is 0 Å². The number of aliphatic hydroxyl groups excluding tert-OH is 1. The molecule has 1 rings (SSSR count). The lowest BCUT2D eigenvalue weighted by Gasteiger charge is -2.02. The van der Waals surface area contributed by atoms with Gasteiger partial charge in [-0.1, -0.05) is 13.8 Å². The molecule has 0 saturated carbocycles. The first-order valence-electron chi connectivity index (χ1n) is 3.60. The zero-order valence-electron chi connectivity index (χ0n) is 6.17. The van der Waals surface area contributed by atoms with E-state index in [0.717, 1.165) is 18.5 Å². The highest BCUT2D eigenvalue weighted by Crippen LogP contribution is 2.23. The van der Waals surface area contributed by atoms with Gasteiger partial charge in [-0.3, -0.25) is 4.90 Å². The van der Waals surface area contributed by atoms with Crippen molar-refractivity contribution in [2.24, 2.45) is 5.92 Å². The third-order valence-electron chi connectivity index (χ3n) is 1.91. The summed E-state index contributed by atoms with van der Waals surface area (Å²) in [7, 11) is 0. The van der Waals surface area contributed by atoms with Crippen molar-refractivity contribution in [1.29, 1.82) is 0 Å². The Labute approximate surface area is 56.5 Å². The van der Waals surface area contributed by atoms with Crippen LogP contribution >= 0.6 is 0 Å². The molecule has 0 radical (unpaired) electrons. The molecule has 2 heteroatoms. The van der Waals surface area contributed by atoms with Gasteiger partial charge in [-0.25, -0.2) is 0 Å². The van der Waals surface area contributed by atoms with E-state index >= 15 is 0 Å². The first-order valence-corrected chi connectivity index (χ1v) is 3.60. The molecule has 0 bridgehead atoms. The number of hydrogen-bond donors (Lipinski definition) is 1. The summed E-state index contributed by atoms with van der Waals surface area (Å²) in [4.78, 5) is 2.30. The minimum atomic E-state index is 0.309. The molecule has 1 aliphatic heterocycles. The molecule has 1 heterocycles. The summed E-state index contributed by atoms with van der Waals surface area (Å²) in [5.74, 6) is 0.761. The first-order chi connectivity index (χ1) is 4.25. The molecule has 0 aromatic rings. The molecular weight excluding hydrogens is 114 g/mol. The fourth-order valence-corrected chi connectivity index (χ4v) is 1.21. The molecule has 2 nitrogen and oxygen atoms in total. The number of hydrogen-bond acceptors (Lipinski definition) is 2. The third kappa shape index (κ3) is 1.66. The fourth-order valence-electron chi connectivity index (χ4n) is 1.21. The maximum Gasteiger partial charge on any atom is 0.0558 e. The molecule has 0 spiro atoms. The highest BCUT2D eigenvalue weighted by atomic mass is 16.3. The summed E-state index contributed by atoms with van der Waals surface area (Å²) in [6.45, 7) is 6.81. The van der Waals surface area contributed by atoms with E-state index in [1.54, 1.807) is 0 Å². The van der Waals surface area contributed by atoms with Gasteiger partial charge >= 0.3 is 0 Å². The van der Waals surface area contributed by atoms with Gasteiger partial charge < -0.3 is 5.11 Å². The molecule has 9 heavy (non-hydrogen) atoms. The molecular formula is C7H15NO. The topological polar surface area (TPSA) is 23.2 Å². The van der Waals surface area contributed by atoms with Crippen molar-refractivity contribution >= 4 is 0 Å². The van der Waals surface area contributed by atoms with E-state index in [1.807, 2.05) is 0 Å². The quantitative estimate of drug-likeness (QED) is 0.555. The summed E-state index contributed by atoms with van der Waals surface area (Å²) < 4.78 is 0. The normalized spacial score (nSPS) is 33.3. The molecule has 0 aliphatic carbocycles. The van der Waals surface area contributed by atoms with E-state index in [0.29, 0.717) is 6.61 Å². The van der Waals surface area contributed by atoms with Gasteiger partial charge in [0, 0.05) is 19.1 Å². The van der Waals surface area contributed by atoms with Gasteiger partial charge in [0.2, 0.25) is 0 Å². The minimum absolute atomic E-state index is 0.309. The highest BCUT2D eigenvalue weighted by molar-refractivity contribution is 4.90. The van der Waals surface area contributed by atoms with Gasteiger partial charge in [0.05, 0.1) is 6.61 Å². The smallest absolute Gasteiger partial charge is 0.0558 e. The Morgan fingerprint density at radius 3 is 2.67 bits per heavy atom. The molecule has 1 saturated heterocycles.